The molecule has 5 nitrogen and oxygen atoms in total. The maximum absolute atomic E-state index is 10.1. The average Bonchev–Trinajstić information content (AvgIpc) is 1.63. The van der Waals surface area contributed by atoms with Crippen molar-refractivity contribution in [2.45, 2.75) is 105 Å². The Kier molecular flexibility index (Phi) is 10.1. The van der Waals surface area contributed by atoms with E-state index in [4.69, 9.17) is 9.72 Å². The molecule has 0 amide bonds. The predicted octanol–water partition coefficient (Wildman–Crippen LogP) is 19.8. The molecule has 0 bridgehead atoms. The van der Waals surface area contributed by atoms with Gasteiger partial charge in [0, 0.05) is 23.0 Å². The molecule has 0 saturated heterocycles. The van der Waals surface area contributed by atoms with Gasteiger partial charge in [0.25, 0.3) is 6.33 Å². The SMILES string of the molecule is [2H]c1c([2H])c([2H])c2c(c1[2H])-c1cc(C(C)(C)C)cc(-c3ccc(C(C)(C)C)cc3)c1-[n+]1[c-]n(-c3cccc(Oc4ccc5c6ccccc6n(-c6cc(C(C)(C)C)ccn6)c5c4)c3)c3cc(-c4ccc(C(C)(C)C)cc4)cc(c31)-c1c([2H])c([2H])c([2H])c([2H])c1-2. The van der Waals surface area contributed by atoms with E-state index < -0.39 is 41.7 Å². The maximum Gasteiger partial charge on any atom is 0.269 e. The van der Waals surface area contributed by atoms with Crippen LogP contribution in [0.2, 0.25) is 0 Å². The van der Waals surface area contributed by atoms with Crippen LogP contribution in [0, 0.1) is 6.33 Å². The smallest absolute Gasteiger partial charge is 0.269 e. The maximum atomic E-state index is 10.1. The van der Waals surface area contributed by atoms with Crippen molar-refractivity contribution in [3.8, 4) is 84.3 Å². The Balaban J connectivity index is 1.14. The summed E-state index contributed by atoms with van der Waals surface area (Å²) in [7, 11) is 0. The Hall–Kier alpha value is -8.80. The number of rotatable bonds is 6. The Labute approximate surface area is 489 Å². The van der Waals surface area contributed by atoms with Crippen molar-refractivity contribution in [3.05, 3.63) is 235 Å². The average molecular weight is 1060 g/mol. The molecule has 0 N–H and O–H groups in total. The molecule has 0 radical (unpaired) electrons. The van der Waals surface area contributed by atoms with Crippen LogP contribution in [0.4, 0.5) is 0 Å². The molecule has 3 aromatic heterocycles. The lowest BCUT2D eigenvalue weighted by atomic mass is 9.80. The summed E-state index contributed by atoms with van der Waals surface area (Å²) in [6, 6.07) is 48.0. The summed E-state index contributed by atoms with van der Waals surface area (Å²) in [5.74, 6) is 1.94. The first kappa shape index (κ1) is 43.1. The topological polar surface area (TPSA) is 35.9 Å². The Morgan fingerprint density at radius 1 is 0.432 bits per heavy atom. The number of para-hydroxylation sites is 1. The minimum absolute atomic E-state index is 0.0239. The third-order valence-electron chi connectivity index (χ3n) is 16.1. The zero-order valence-electron chi connectivity index (χ0n) is 56.2. The fourth-order valence-corrected chi connectivity index (χ4v) is 11.5. The first-order chi connectivity index (χ1) is 42.0. The minimum atomic E-state index is -0.527. The molecule has 0 fully saturated rings. The van der Waals surface area contributed by atoms with Gasteiger partial charge in [0.2, 0.25) is 0 Å². The second-order valence-electron chi connectivity index (χ2n) is 25.8. The Bertz CT molecular complexity index is 4930. The van der Waals surface area contributed by atoms with Crippen molar-refractivity contribution in [2.24, 2.45) is 0 Å². The first-order valence-corrected chi connectivity index (χ1v) is 27.9. The van der Waals surface area contributed by atoms with Crippen LogP contribution in [-0.2, 0) is 21.7 Å². The van der Waals surface area contributed by atoms with Gasteiger partial charge in [-0.15, -0.1) is 0 Å². The molecule has 1 aliphatic rings. The van der Waals surface area contributed by atoms with Gasteiger partial charge >= 0.3 is 0 Å². The van der Waals surface area contributed by atoms with Crippen LogP contribution in [0.1, 0.15) is 116 Å². The van der Waals surface area contributed by atoms with Gasteiger partial charge in [-0.3, -0.25) is 13.7 Å². The van der Waals surface area contributed by atoms with Crippen LogP contribution in [0.15, 0.2) is 206 Å². The lowest BCUT2D eigenvalue weighted by Gasteiger charge is -2.26. The normalized spacial score (nSPS) is 14.1. The van der Waals surface area contributed by atoms with Gasteiger partial charge in [0.05, 0.1) is 44.4 Å². The summed E-state index contributed by atoms with van der Waals surface area (Å²) in [5.41, 5.74) is 11.8. The largest absolute Gasteiger partial charge is 0.458 e. The number of benzene rings is 9. The highest BCUT2D eigenvalue weighted by molar-refractivity contribution is 6.09. The van der Waals surface area contributed by atoms with Crippen LogP contribution in [0.25, 0.3) is 106 Å². The van der Waals surface area contributed by atoms with Gasteiger partial charge < -0.3 is 4.74 Å². The number of imidazole rings is 1. The quantitative estimate of drug-likeness (QED) is 0.123. The van der Waals surface area contributed by atoms with E-state index in [-0.39, 0.29) is 50.6 Å². The first-order valence-electron chi connectivity index (χ1n) is 31.9. The van der Waals surface area contributed by atoms with E-state index in [9.17, 15) is 11.0 Å². The van der Waals surface area contributed by atoms with E-state index in [2.05, 4.69) is 197 Å². The lowest BCUT2D eigenvalue weighted by Crippen LogP contribution is -2.32. The van der Waals surface area contributed by atoms with Crippen molar-refractivity contribution in [1.29, 1.82) is 0 Å². The minimum Gasteiger partial charge on any atom is -0.458 e. The van der Waals surface area contributed by atoms with Crippen molar-refractivity contribution in [1.82, 2.24) is 14.1 Å². The fourth-order valence-electron chi connectivity index (χ4n) is 11.5. The van der Waals surface area contributed by atoms with Gasteiger partial charge in [-0.25, -0.2) is 4.98 Å². The van der Waals surface area contributed by atoms with E-state index in [1.165, 1.54) is 5.56 Å². The summed E-state index contributed by atoms with van der Waals surface area (Å²) in [6.07, 6.45) is 5.72. The van der Waals surface area contributed by atoms with Gasteiger partial charge in [-0.1, -0.05) is 222 Å². The van der Waals surface area contributed by atoms with E-state index in [1.54, 1.807) is 0 Å². The molecule has 4 heterocycles. The van der Waals surface area contributed by atoms with Gasteiger partial charge in [0.1, 0.15) is 17.3 Å². The van der Waals surface area contributed by atoms with Gasteiger partial charge in [-0.2, -0.15) is 0 Å². The monoisotopic (exact) mass is 1060 g/mol. The Morgan fingerprint density at radius 3 is 1.64 bits per heavy atom. The number of hydrogen-bond donors (Lipinski definition) is 0. The summed E-state index contributed by atoms with van der Waals surface area (Å²) in [6.45, 7) is 26.0. The number of ether oxygens (including phenoxy) is 1. The molecule has 5 heteroatoms. The van der Waals surface area contributed by atoms with E-state index >= 15 is 0 Å². The molecule has 400 valence electrons. The van der Waals surface area contributed by atoms with E-state index in [0.717, 1.165) is 66.6 Å². The second kappa shape index (κ2) is 18.9. The van der Waals surface area contributed by atoms with Crippen LogP contribution >= 0.6 is 0 Å². The van der Waals surface area contributed by atoms with Crippen molar-refractivity contribution < 1.29 is 20.3 Å². The van der Waals surface area contributed by atoms with Crippen molar-refractivity contribution in [3.63, 3.8) is 0 Å². The number of nitrogens with zero attached hydrogens (tertiary/aromatic N) is 4. The van der Waals surface area contributed by atoms with Gasteiger partial charge in [0.15, 0.2) is 0 Å². The van der Waals surface area contributed by atoms with Crippen LogP contribution in [0.5, 0.6) is 11.5 Å². The third kappa shape index (κ3) is 9.13. The van der Waals surface area contributed by atoms with Crippen LogP contribution in [-0.4, -0.2) is 14.1 Å². The predicted molar refractivity (Wildman–Crippen MR) is 338 cm³/mol. The summed E-state index contributed by atoms with van der Waals surface area (Å²) in [5, 5.41) is 2.15. The molecule has 9 aromatic carbocycles. The molecular formula is C76H70N4O. The highest BCUT2D eigenvalue weighted by atomic mass is 16.5. The third-order valence-corrected chi connectivity index (χ3v) is 16.1. The summed E-state index contributed by atoms with van der Waals surface area (Å²) >= 11 is 0. The molecule has 0 saturated carbocycles. The highest BCUT2D eigenvalue weighted by Gasteiger charge is 2.30. The van der Waals surface area contributed by atoms with Crippen molar-refractivity contribution >= 4 is 32.8 Å². The zero-order valence-corrected chi connectivity index (χ0v) is 48.2. The molecule has 13 rings (SSSR count). The van der Waals surface area contributed by atoms with Crippen LogP contribution in [0.3, 0.4) is 0 Å². The number of aromatic nitrogens is 4. The molecule has 0 atom stereocenters. The fraction of sp³-hybridized carbons (Fsp3) is 0.211. The van der Waals surface area contributed by atoms with E-state index in [1.807, 2.05) is 63.9 Å². The standard InChI is InChI=1S/C76H70N4O/c1-73(2,3)51-32-28-48(29-33-51)50-40-65-60-24-15-13-22-58(60)59-23-14-16-25-61(59)66-43-54(76(10,11)12)42-64(49-30-34-52(35-31-49)74(4,5)6)71(66)79-47-78(69(41-50)72(65)79)55-20-19-21-56(45-55)81-57-36-37-63-62-26-17-18-27-67(62)80(68(63)46-57)70-44-53(38-39-77-70)75(7,8)9/h13-46H,1-12H3/i13D,14D,15D,16D,22D,23D,24D,25D. The summed E-state index contributed by atoms with van der Waals surface area (Å²) < 4.78 is 90.4. The molecule has 12 aromatic rings. The number of hydrogen-bond acceptors (Lipinski definition) is 2. The Morgan fingerprint density at radius 2 is 1.00 bits per heavy atom. The highest BCUT2D eigenvalue weighted by Crippen LogP contribution is 2.48. The van der Waals surface area contributed by atoms with Crippen molar-refractivity contribution in [2.75, 3.05) is 0 Å². The number of fused-ring (bicyclic) bond motifs is 10. The number of pyridine rings is 1. The molecule has 81 heavy (non-hydrogen) atoms. The second-order valence-corrected chi connectivity index (χ2v) is 25.8. The van der Waals surface area contributed by atoms with Gasteiger partial charge in [-0.05, 0) is 154 Å². The molecular weight excluding hydrogens is 985 g/mol. The summed E-state index contributed by atoms with van der Waals surface area (Å²) in [4.78, 5) is 4.92. The lowest BCUT2D eigenvalue weighted by molar-refractivity contribution is -0.570. The molecule has 0 unspecified atom stereocenters. The van der Waals surface area contributed by atoms with Crippen LogP contribution < -0.4 is 9.30 Å². The zero-order chi connectivity index (χ0) is 63.3. The molecule has 0 aliphatic carbocycles. The molecule has 1 aliphatic heterocycles. The molecule has 0 spiro atoms. The van der Waals surface area contributed by atoms with E-state index in [0.29, 0.717) is 45.0 Å².